The topological polar surface area (TPSA) is 69.3 Å². The molecule has 0 saturated carbocycles. The van der Waals surface area contributed by atoms with Crippen molar-refractivity contribution in [1.29, 1.82) is 0 Å². The predicted octanol–water partition coefficient (Wildman–Crippen LogP) is 0.915. The Morgan fingerprint density at radius 1 is 1.57 bits per heavy atom. The number of likely N-dealkylation sites (tertiary alicyclic amines) is 1. The van der Waals surface area contributed by atoms with E-state index in [4.69, 9.17) is 0 Å². The van der Waals surface area contributed by atoms with Crippen LogP contribution >= 0.6 is 0 Å². The second-order valence-corrected chi connectivity index (χ2v) is 6.21. The van der Waals surface area contributed by atoms with Crippen LogP contribution in [0.5, 0.6) is 0 Å². The maximum Gasteiger partial charge on any atom is 0.227 e. The first-order valence-electron chi connectivity index (χ1n) is 7.47. The molecule has 1 aromatic heterocycles. The number of carbonyl (C=O) groups excluding carboxylic acids is 2. The van der Waals surface area contributed by atoms with Crippen molar-refractivity contribution in [2.24, 2.45) is 11.8 Å². The van der Waals surface area contributed by atoms with Crippen LogP contribution in [-0.4, -0.2) is 58.5 Å². The zero-order chi connectivity index (χ0) is 15.4. The number of hydrogen-bond acceptors (Lipinski definition) is 3. The second-order valence-electron chi connectivity index (χ2n) is 6.21. The molecule has 6 nitrogen and oxygen atoms in total. The number of nitrogens with zero attached hydrogens (tertiary/aromatic N) is 3. The van der Waals surface area contributed by atoms with E-state index in [1.54, 1.807) is 18.1 Å². The fourth-order valence-corrected chi connectivity index (χ4v) is 2.69. The van der Waals surface area contributed by atoms with Crippen molar-refractivity contribution in [1.82, 2.24) is 20.0 Å². The van der Waals surface area contributed by atoms with Gasteiger partial charge in [-0.3, -0.25) is 14.7 Å². The van der Waals surface area contributed by atoms with E-state index in [1.165, 1.54) is 0 Å². The Morgan fingerprint density at radius 3 is 2.95 bits per heavy atom. The smallest absolute Gasteiger partial charge is 0.227 e. The monoisotopic (exact) mass is 292 g/mol. The highest BCUT2D eigenvalue weighted by Crippen LogP contribution is 2.21. The Bertz CT molecular complexity index is 484. The normalized spacial score (nSPS) is 18.6. The first-order chi connectivity index (χ1) is 9.97. The van der Waals surface area contributed by atoms with Gasteiger partial charge in [0.25, 0.3) is 0 Å². The Balaban J connectivity index is 1.84. The second kappa shape index (κ2) is 6.74. The van der Waals surface area contributed by atoms with E-state index in [9.17, 15) is 9.59 Å². The lowest BCUT2D eigenvalue weighted by Gasteiger charge is -2.22. The van der Waals surface area contributed by atoms with Gasteiger partial charge in [0, 0.05) is 39.3 Å². The van der Waals surface area contributed by atoms with Crippen LogP contribution in [0, 0.1) is 11.8 Å². The molecule has 2 rings (SSSR count). The van der Waals surface area contributed by atoms with Crippen LogP contribution in [0.4, 0.5) is 0 Å². The van der Waals surface area contributed by atoms with Crippen LogP contribution in [0.1, 0.15) is 25.8 Å². The molecule has 0 aliphatic carbocycles. The third-order valence-corrected chi connectivity index (χ3v) is 3.82. The molecule has 0 bridgehead atoms. The Labute approximate surface area is 125 Å². The third-order valence-electron chi connectivity index (χ3n) is 3.82. The van der Waals surface area contributed by atoms with E-state index in [0.717, 1.165) is 18.5 Å². The lowest BCUT2D eigenvalue weighted by molar-refractivity contribution is -0.134. The first-order valence-corrected chi connectivity index (χ1v) is 7.47. The predicted molar refractivity (Wildman–Crippen MR) is 79.5 cm³/mol. The summed E-state index contributed by atoms with van der Waals surface area (Å²) in [5.41, 5.74) is 1.08. The first kappa shape index (κ1) is 15.5. The van der Waals surface area contributed by atoms with E-state index >= 15 is 0 Å². The van der Waals surface area contributed by atoms with Crippen LogP contribution in [0.15, 0.2) is 12.4 Å². The third kappa shape index (κ3) is 4.06. The Hall–Kier alpha value is -1.85. The SMILES string of the molecule is CC(C)CN1C[C@@H](C(=O)N(C)CCc2cn[nH]c2)CC1=O. The summed E-state index contributed by atoms with van der Waals surface area (Å²) in [6, 6.07) is 0. The number of carbonyl (C=O) groups is 2. The van der Waals surface area contributed by atoms with Crippen molar-refractivity contribution in [3.63, 3.8) is 0 Å². The fourth-order valence-electron chi connectivity index (χ4n) is 2.69. The van der Waals surface area contributed by atoms with Crippen LogP contribution in [0.25, 0.3) is 0 Å². The van der Waals surface area contributed by atoms with Gasteiger partial charge < -0.3 is 9.80 Å². The molecule has 1 saturated heterocycles. The molecule has 0 spiro atoms. The van der Waals surface area contributed by atoms with E-state index in [1.807, 2.05) is 11.1 Å². The van der Waals surface area contributed by atoms with Gasteiger partial charge in [-0.1, -0.05) is 13.8 Å². The summed E-state index contributed by atoms with van der Waals surface area (Å²) in [6.45, 7) is 6.11. The zero-order valence-electron chi connectivity index (χ0n) is 13.0. The molecule has 1 fully saturated rings. The summed E-state index contributed by atoms with van der Waals surface area (Å²) in [6.07, 6.45) is 4.72. The number of nitrogens with one attached hydrogen (secondary N) is 1. The minimum absolute atomic E-state index is 0.0677. The highest BCUT2D eigenvalue weighted by Gasteiger charge is 2.35. The summed E-state index contributed by atoms with van der Waals surface area (Å²) in [5.74, 6) is 0.413. The fraction of sp³-hybridized carbons (Fsp3) is 0.667. The van der Waals surface area contributed by atoms with Crippen molar-refractivity contribution in [2.75, 3.05) is 26.7 Å². The van der Waals surface area contributed by atoms with Gasteiger partial charge in [0.05, 0.1) is 12.1 Å². The average molecular weight is 292 g/mol. The van der Waals surface area contributed by atoms with E-state index in [0.29, 0.717) is 25.4 Å². The van der Waals surface area contributed by atoms with Gasteiger partial charge in [-0.2, -0.15) is 5.10 Å². The number of aromatic amines is 1. The van der Waals surface area contributed by atoms with Crippen LogP contribution in [-0.2, 0) is 16.0 Å². The van der Waals surface area contributed by atoms with Crippen LogP contribution in [0.2, 0.25) is 0 Å². The highest BCUT2D eigenvalue weighted by atomic mass is 16.2. The van der Waals surface area contributed by atoms with Crippen molar-refractivity contribution in [3.8, 4) is 0 Å². The largest absolute Gasteiger partial charge is 0.345 e. The molecular formula is C15H24N4O2. The van der Waals surface area contributed by atoms with Crippen LogP contribution in [0.3, 0.4) is 0 Å². The number of H-pyrrole nitrogens is 1. The van der Waals surface area contributed by atoms with Gasteiger partial charge >= 0.3 is 0 Å². The summed E-state index contributed by atoms with van der Waals surface area (Å²) in [5, 5.41) is 6.65. The van der Waals surface area contributed by atoms with Crippen molar-refractivity contribution < 1.29 is 9.59 Å². The molecule has 21 heavy (non-hydrogen) atoms. The van der Waals surface area contributed by atoms with Crippen molar-refractivity contribution >= 4 is 11.8 Å². The summed E-state index contributed by atoms with van der Waals surface area (Å²) >= 11 is 0. The summed E-state index contributed by atoms with van der Waals surface area (Å²) < 4.78 is 0. The highest BCUT2D eigenvalue weighted by molar-refractivity contribution is 5.89. The average Bonchev–Trinajstić information content (AvgIpc) is 3.05. The quantitative estimate of drug-likeness (QED) is 0.847. The summed E-state index contributed by atoms with van der Waals surface area (Å²) in [7, 11) is 1.80. The molecular weight excluding hydrogens is 268 g/mol. The van der Waals surface area contributed by atoms with Gasteiger partial charge in [0.1, 0.15) is 0 Å². The minimum atomic E-state index is -0.189. The molecule has 1 aromatic rings. The molecule has 2 heterocycles. The van der Waals surface area contributed by atoms with Crippen molar-refractivity contribution in [3.05, 3.63) is 18.0 Å². The molecule has 0 aromatic carbocycles. The van der Waals surface area contributed by atoms with Gasteiger partial charge in [-0.25, -0.2) is 0 Å². The van der Waals surface area contributed by atoms with Crippen LogP contribution < -0.4 is 0 Å². The lowest BCUT2D eigenvalue weighted by Crippen LogP contribution is -2.36. The number of likely N-dealkylation sites (N-methyl/N-ethyl adjacent to an activating group) is 1. The molecule has 1 N–H and O–H groups in total. The van der Waals surface area contributed by atoms with Gasteiger partial charge in [0.2, 0.25) is 11.8 Å². The number of aromatic nitrogens is 2. The van der Waals surface area contributed by atoms with Crippen molar-refractivity contribution in [2.45, 2.75) is 26.7 Å². The van der Waals surface area contributed by atoms with Gasteiger partial charge in [-0.15, -0.1) is 0 Å². The number of amides is 2. The molecule has 2 amide bonds. The lowest BCUT2D eigenvalue weighted by atomic mass is 10.1. The number of rotatable bonds is 6. The minimum Gasteiger partial charge on any atom is -0.345 e. The van der Waals surface area contributed by atoms with E-state index in [2.05, 4.69) is 24.0 Å². The number of hydrogen-bond donors (Lipinski definition) is 1. The summed E-state index contributed by atoms with van der Waals surface area (Å²) in [4.78, 5) is 27.9. The maximum absolute atomic E-state index is 12.4. The van der Waals surface area contributed by atoms with Gasteiger partial charge in [0.15, 0.2) is 0 Å². The molecule has 0 radical (unpaired) electrons. The Morgan fingerprint density at radius 2 is 2.33 bits per heavy atom. The zero-order valence-corrected chi connectivity index (χ0v) is 13.0. The molecule has 1 atom stereocenters. The molecule has 1 aliphatic rings. The van der Waals surface area contributed by atoms with E-state index < -0.39 is 0 Å². The molecule has 6 heteroatoms. The standard InChI is InChI=1S/C15H24N4O2/c1-11(2)9-19-10-13(6-14(19)20)15(21)18(3)5-4-12-7-16-17-8-12/h7-8,11,13H,4-6,9-10H2,1-3H3,(H,16,17)/t13-/m0/s1. The molecule has 1 aliphatic heterocycles. The molecule has 0 unspecified atom stereocenters. The molecule has 116 valence electrons. The van der Waals surface area contributed by atoms with Gasteiger partial charge in [-0.05, 0) is 17.9 Å². The maximum atomic E-state index is 12.4. The van der Waals surface area contributed by atoms with E-state index in [-0.39, 0.29) is 17.7 Å². The Kier molecular flexibility index (Phi) is 4.98.